The van der Waals surface area contributed by atoms with E-state index in [-0.39, 0.29) is 9.92 Å². The van der Waals surface area contributed by atoms with Gasteiger partial charge in [-0.15, -0.1) is 0 Å². The molecule has 0 fully saturated rings. The second-order valence-corrected chi connectivity index (χ2v) is 5.89. The summed E-state index contributed by atoms with van der Waals surface area (Å²) in [5, 5.41) is 0.431. The van der Waals surface area contributed by atoms with Gasteiger partial charge in [-0.25, -0.2) is 0 Å². The molecule has 0 amide bonds. The summed E-state index contributed by atoms with van der Waals surface area (Å²) in [6.07, 6.45) is 0. The molecule has 0 aliphatic rings. The second-order valence-electron chi connectivity index (χ2n) is 3.48. The Kier molecular flexibility index (Phi) is 3.80. The highest BCUT2D eigenvalue weighted by Crippen LogP contribution is 2.26. The molecule has 2 aromatic carbocycles. The largest absolute Gasteiger partial charge is 0.284 e. The van der Waals surface area contributed by atoms with Gasteiger partial charge in [0.05, 0.1) is 10.7 Å². The molecule has 2 rings (SSSR count). The van der Waals surface area contributed by atoms with Crippen molar-refractivity contribution in [1.29, 1.82) is 0 Å². The molecule has 0 bridgehead atoms. The van der Waals surface area contributed by atoms with Crippen LogP contribution in [0, 0.1) is 0 Å². The highest BCUT2D eigenvalue weighted by atomic mass is 35.5. The molecule has 0 spiro atoms. The van der Waals surface area contributed by atoms with Crippen LogP contribution < -0.4 is 4.72 Å². The molecule has 0 saturated heterocycles. The molecule has 0 atom stereocenters. The molecule has 18 heavy (non-hydrogen) atoms. The van der Waals surface area contributed by atoms with Crippen LogP contribution in [0.25, 0.3) is 0 Å². The van der Waals surface area contributed by atoms with E-state index in [4.69, 9.17) is 23.2 Å². The Balaban J connectivity index is 2.37. The second kappa shape index (κ2) is 5.18. The minimum atomic E-state index is -3.83. The number of rotatable bonds is 3. The lowest BCUT2D eigenvalue weighted by Gasteiger charge is -2.06. The third-order valence-electron chi connectivity index (χ3n) is 2.15. The molecule has 0 unspecified atom stereocenters. The number of hydrogen-bond acceptors (Lipinski definition) is 2. The molecule has 0 aliphatic carbocycles. The minimum Gasteiger partial charge on any atom is -0.199 e. The Morgan fingerprint density at radius 2 is 1.61 bits per heavy atom. The topological polar surface area (TPSA) is 48.2 Å². The Bertz CT molecular complexity index is 657. The van der Waals surface area contributed by atoms with E-state index in [1.54, 1.807) is 30.3 Å². The smallest absolute Gasteiger partial charge is 0.199 e. The van der Waals surface area contributed by atoms with Crippen molar-refractivity contribution in [3.8, 4) is 0 Å². The number of nitrogens with zero attached hydrogens (tertiary/aromatic N) is 1. The zero-order valence-corrected chi connectivity index (χ0v) is 11.4. The van der Waals surface area contributed by atoms with E-state index in [2.05, 4.69) is 4.72 Å². The molecule has 2 aromatic rings. The summed E-state index contributed by atoms with van der Waals surface area (Å²) in [4.78, 5) is -0.0579. The van der Waals surface area contributed by atoms with E-state index in [0.717, 1.165) is 0 Å². The monoisotopic (exact) mass is 300 g/mol. The third-order valence-corrected chi connectivity index (χ3v) is 4.18. The summed E-state index contributed by atoms with van der Waals surface area (Å²) >= 11 is 11.6. The summed E-state index contributed by atoms with van der Waals surface area (Å²) in [5.41, 5.74) is 0.350. The molecule has 0 N–H and O–H groups in total. The van der Waals surface area contributed by atoms with Crippen molar-refractivity contribution in [3.63, 3.8) is 0 Å². The van der Waals surface area contributed by atoms with Crippen LogP contribution in [-0.4, -0.2) is 8.42 Å². The average molecular weight is 301 g/mol. The fourth-order valence-corrected chi connectivity index (χ4v) is 3.11. The molecule has 0 aromatic heterocycles. The van der Waals surface area contributed by atoms with Crippen LogP contribution in [0.4, 0.5) is 5.69 Å². The molecule has 1 radical (unpaired) electrons. The van der Waals surface area contributed by atoms with Gasteiger partial charge in [0.25, 0.3) is 10.0 Å². The van der Waals surface area contributed by atoms with E-state index < -0.39 is 10.0 Å². The van der Waals surface area contributed by atoms with Crippen LogP contribution in [0.5, 0.6) is 0 Å². The van der Waals surface area contributed by atoms with Crippen LogP contribution >= 0.6 is 23.2 Å². The SMILES string of the molecule is O=S(=O)([N]c1ccccc1)c1ccc(Cl)cc1Cl. The first-order valence-corrected chi connectivity index (χ1v) is 7.17. The average Bonchev–Trinajstić information content (AvgIpc) is 2.29. The van der Waals surface area contributed by atoms with Gasteiger partial charge < -0.3 is 0 Å². The predicted octanol–water partition coefficient (Wildman–Crippen LogP) is 3.62. The van der Waals surface area contributed by atoms with Gasteiger partial charge in [0.2, 0.25) is 0 Å². The molecule has 93 valence electrons. The van der Waals surface area contributed by atoms with Crippen LogP contribution in [0.2, 0.25) is 10.0 Å². The lowest BCUT2D eigenvalue weighted by molar-refractivity contribution is 0.590. The normalized spacial score (nSPS) is 11.2. The Hall–Kier alpha value is -1.23. The summed E-state index contributed by atoms with van der Waals surface area (Å²) in [7, 11) is -3.83. The summed E-state index contributed by atoms with van der Waals surface area (Å²) < 4.78 is 27.8. The maximum atomic E-state index is 12.0. The van der Waals surface area contributed by atoms with Gasteiger partial charge in [0.15, 0.2) is 0 Å². The zero-order chi connectivity index (χ0) is 13.2. The van der Waals surface area contributed by atoms with Crippen LogP contribution in [-0.2, 0) is 10.0 Å². The summed E-state index contributed by atoms with van der Waals surface area (Å²) in [6, 6.07) is 12.6. The maximum absolute atomic E-state index is 12.0. The predicted molar refractivity (Wildman–Crippen MR) is 71.9 cm³/mol. The standard InChI is InChI=1S/C12H8Cl2NO2S/c13-9-6-7-12(11(14)8-9)18(16,17)15-10-4-2-1-3-5-10/h1-8H. The van der Waals surface area contributed by atoms with Crippen LogP contribution in [0.15, 0.2) is 53.4 Å². The summed E-state index contributed by atoms with van der Waals surface area (Å²) in [5.74, 6) is 0. The van der Waals surface area contributed by atoms with Crippen LogP contribution in [0.1, 0.15) is 0 Å². The first-order chi connectivity index (χ1) is 8.49. The van der Waals surface area contributed by atoms with Crippen molar-refractivity contribution < 1.29 is 8.42 Å². The van der Waals surface area contributed by atoms with Crippen molar-refractivity contribution in [2.75, 3.05) is 0 Å². The van der Waals surface area contributed by atoms with Gasteiger partial charge in [-0.1, -0.05) is 41.4 Å². The van der Waals surface area contributed by atoms with Gasteiger partial charge in [0, 0.05) is 5.02 Å². The van der Waals surface area contributed by atoms with Crippen molar-refractivity contribution >= 4 is 38.9 Å². The van der Waals surface area contributed by atoms with Gasteiger partial charge in [-0.2, -0.15) is 13.1 Å². The highest BCUT2D eigenvalue weighted by molar-refractivity contribution is 7.89. The van der Waals surface area contributed by atoms with Crippen molar-refractivity contribution in [3.05, 3.63) is 58.6 Å². The Morgan fingerprint density at radius 3 is 2.22 bits per heavy atom. The first-order valence-electron chi connectivity index (χ1n) is 4.97. The molecule has 3 nitrogen and oxygen atoms in total. The van der Waals surface area contributed by atoms with E-state index >= 15 is 0 Å². The van der Waals surface area contributed by atoms with Crippen molar-refractivity contribution in [1.82, 2.24) is 4.72 Å². The van der Waals surface area contributed by atoms with Crippen molar-refractivity contribution in [2.45, 2.75) is 4.90 Å². The molecular formula is C12H8Cl2NO2S. The molecule has 0 saturated carbocycles. The lowest BCUT2D eigenvalue weighted by atomic mass is 10.3. The zero-order valence-electron chi connectivity index (χ0n) is 9.05. The van der Waals surface area contributed by atoms with Gasteiger partial charge in [0.1, 0.15) is 4.90 Å². The molecular weight excluding hydrogens is 293 g/mol. The lowest BCUT2D eigenvalue weighted by Crippen LogP contribution is -2.12. The van der Waals surface area contributed by atoms with E-state index in [1.165, 1.54) is 18.2 Å². The Morgan fingerprint density at radius 1 is 0.944 bits per heavy atom. The molecule has 6 heteroatoms. The van der Waals surface area contributed by atoms with E-state index in [1.807, 2.05) is 0 Å². The van der Waals surface area contributed by atoms with Crippen molar-refractivity contribution in [2.24, 2.45) is 0 Å². The number of hydrogen-bond donors (Lipinski definition) is 0. The van der Waals surface area contributed by atoms with Gasteiger partial charge in [-0.3, -0.25) is 0 Å². The van der Waals surface area contributed by atoms with E-state index in [0.29, 0.717) is 10.7 Å². The fourth-order valence-electron chi connectivity index (χ4n) is 1.36. The Labute approximate surface area is 115 Å². The van der Waals surface area contributed by atoms with E-state index in [9.17, 15) is 8.42 Å². The van der Waals surface area contributed by atoms with Gasteiger partial charge >= 0.3 is 0 Å². The number of benzene rings is 2. The quantitative estimate of drug-likeness (QED) is 0.869. The highest BCUT2D eigenvalue weighted by Gasteiger charge is 2.19. The number of halogens is 2. The molecule has 0 heterocycles. The summed E-state index contributed by atoms with van der Waals surface area (Å²) in [6.45, 7) is 0. The number of sulfonamides is 1. The van der Waals surface area contributed by atoms with Gasteiger partial charge in [-0.05, 0) is 30.3 Å². The van der Waals surface area contributed by atoms with Crippen LogP contribution in [0.3, 0.4) is 0 Å². The maximum Gasteiger partial charge on any atom is 0.284 e. The fraction of sp³-hybridized carbons (Fsp3) is 0. The molecule has 0 aliphatic heterocycles. The third kappa shape index (κ3) is 2.96. The minimum absolute atomic E-state index is 0.0576. The first kappa shape index (κ1) is 13.2.